The zero-order chi connectivity index (χ0) is 16.4. The first kappa shape index (κ1) is 14.6. The minimum absolute atomic E-state index is 0.00478. The van der Waals surface area contributed by atoms with E-state index in [9.17, 15) is 4.79 Å². The molecule has 0 radical (unpaired) electrons. The van der Waals surface area contributed by atoms with Gasteiger partial charge in [-0.2, -0.15) is 4.68 Å². The van der Waals surface area contributed by atoms with Crippen LogP contribution in [-0.2, 0) is 4.79 Å². The van der Waals surface area contributed by atoms with E-state index in [1.54, 1.807) is 16.4 Å². The van der Waals surface area contributed by atoms with Gasteiger partial charge < -0.3 is 10.6 Å². The van der Waals surface area contributed by atoms with Gasteiger partial charge in [-0.25, -0.2) is 0 Å². The van der Waals surface area contributed by atoms with Crippen molar-refractivity contribution in [1.82, 2.24) is 25.1 Å². The van der Waals surface area contributed by atoms with Crippen LogP contribution in [0.25, 0.3) is 5.69 Å². The van der Waals surface area contributed by atoms with Crippen molar-refractivity contribution in [3.63, 3.8) is 0 Å². The molecule has 0 saturated carbocycles. The van der Waals surface area contributed by atoms with Crippen molar-refractivity contribution in [3.8, 4) is 5.69 Å². The zero-order valence-electron chi connectivity index (χ0n) is 13.2. The van der Waals surface area contributed by atoms with Gasteiger partial charge in [-0.3, -0.25) is 4.79 Å². The Balaban J connectivity index is 1.80. The molecule has 0 aliphatic carbocycles. The van der Waals surface area contributed by atoms with E-state index in [0.717, 1.165) is 11.3 Å². The number of fused-ring (bicyclic) bond motifs is 1. The van der Waals surface area contributed by atoms with E-state index >= 15 is 0 Å². The number of nitrogens with zero attached hydrogens (tertiary/aromatic N) is 5. The molecule has 8 heteroatoms. The molecule has 1 aromatic carbocycles. The molecule has 3 heterocycles. The van der Waals surface area contributed by atoms with Crippen LogP contribution in [0.3, 0.4) is 0 Å². The zero-order valence-corrected chi connectivity index (χ0v) is 14.0. The van der Waals surface area contributed by atoms with Gasteiger partial charge >= 0.3 is 0 Å². The van der Waals surface area contributed by atoms with Gasteiger partial charge in [0.1, 0.15) is 17.5 Å². The second kappa shape index (κ2) is 4.78. The second-order valence-electron chi connectivity index (χ2n) is 6.57. The summed E-state index contributed by atoms with van der Waals surface area (Å²) in [6.45, 7) is 6.24. The number of tetrazole rings is 1. The first-order valence-corrected chi connectivity index (χ1v) is 8.39. The lowest BCUT2D eigenvalue weighted by Crippen LogP contribution is -2.65. The van der Waals surface area contributed by atoms with Crippen molar-refractivity contribution in [2.75, 3.05) is 0 Å². The first-order chi connectivity index (χ1) is 10.9. The Kier molecular flexibility index (Phi) is 3.05. The normalized spacial score (nSPS) is 28.6. The number of thioether (sulfide) groups is 1. The second-order valence-corrected chi connectivity index (χ2v) is 8.34. The lowest BCUT2D eigenvalue weighted by Gasteiger charge is -2.42. The molecule has 3 atom stereocenters. The molecule has 1 aromatic heterocycles. The van der Waals surface area contributed by atoms with Gasteiger partial charge in [0.05, 0.1) is 5.69 Å². The number of carbonyl (C=O) groups is 1. The molecular formula is C15H18N6OS. The number of benzene rings is 1. The van der Waals surface area contributed by atoms with Crippen molar-refractivity contribution < 1.29 is 4.79 Å². The van der Waals surface area contributed by atoms with Crippen LogP contribution in [0.2, 0.25) is 0 Å². The van der Waals surface area contributed by atoms with Crippen molar-refractivity contribution in [1.29, 1.82) is 0 Å². The predicted molar refractivity (Wildman–Crippen MR) is 86.9 cm³/mol. The van der Waals surface area contributed by atoms with Gasteiger partial charge in [-0.15, -0.1) is 16.9 Å². The molecule has 0 spiro atoms. The summed E-state index contributed by atoms with van der Waals surface area (Å²) in [6.07, 6.45) is 0. The molecule has 1 amide bonds. The van der Waals surface area contributed by atoms with E-state index in [-0.39, 0.29) is 22.1 Å². The van der Waals surface area contributed by atoms with Gasteiger partial charge in [0.2, 0.25) is 5.91 Å². The minimum Gasteiger partial charge on any atom is -0.317 e. The smallest absolute Gasteiger partial charge is 0.244 e. The Morgan fingerprint density at radius 3 is 2.87 bits per heavy atom. The van der Waals surface area contributed by atoms with Crippen LogP contribution in [0.5, 0.6) is 0 Å². The number of rotatable bonds is 2. The van der Waals surface area contributed by atoms with Crippen LogP contribution < -0.4 is 5.73 Å². The average molecular weight is 330 g/mol. The number of hydrogen-bond donors (Lipinski definition) is 1. The average Bonchev–Trinajstić information content (AvgIpc) is 3.07. The van der Waals surface area contributed by atoms with E-state index < -0.39 is 6.04 Å². The summed E-state index contributed by atoms with van der Waals surface area (Å²) in [7, 11) is 0. The molecule has 23 heavy (non-hydrogen) atoms. The largest absolute Gasteiger partial charge is 0.317 e. The molecular weight excluding hydrogens is 312 g/mol. The third-order valence-electron chi connectivity index (χ3n) is 4.47. The molecule has 2 aliphatic rings. The summed E-state index contributed by atoms with van der Waals surface area (Å²) in [4.78, 5) is 14.1. The Labute approximate surface area is 138 Å². The van der Waals surface area contributed by atoms with Crippen LogP contribution in [0.15, 0.2) is 24.3 Å². The summed E-state index contributed by atoms with van der Waals surface area (Å²) in [6, 6.07) is 7.36. The van der Waals surface area contributed by atoms with Crippen molar-refractivity contribution in [3.05, 3.63) is 35.7 Å². The van der Waals surface area contributed by atoms with Crippen LogP contribution in [0.4, 0.5) is 0 Å². The Morgan fingerprint density at radius 2 is 2.13 bits per heavy atom. The minimum atomic E-state index is -0.424. The SMILES string of the molecule is Cc1cccc(-n2nnnc2C2N3C(=O)C(N)[C@H]3SC2(C)C)c1. The van der Waals surface area contributed by atoms with Gasteiger partial charge in [0.15, 0.2) is 5.82 Å². The number of aromatic nitrogens is 4. The highest BCUT2D eigenvalue weighted by Gasteiger charge is 2.62. The van der Waals surface area contributed by atoms with Gasteiger partial charge in [-0.05, 0) is 48.9 Å². The number of β-lactam (4-membered cyclic amide) rings is 1. The van der Waals surface area contributed by atoms with Crippen molar-refractivity contribution in [2.45, 2.75) is 43.0 Å². The van der Waals surface area contributed by atoms with E-state index in [1.165, 1.54) is 0 Å². The molecule has 2 saturated heterocycles. The molecule has 4 rings (SSSR count). The van der Waals surface area contributed by atoms with Crippen LogP contribution in [0.1, 0.15) is 31.3 Å². The maximum Gasteiger partial charge on any atom is 0.244 e. The summed E-state index contributed by atoms with van der Waals surface area (Å²) < 4.78 is 1.52. The molecule has 120 valence electrons. The number of amides is 1. The van der Waals surface area contributed by atoms with Crippen LogP contribution in [0, 0.1) is 6.92 Å². The number of aryl methyl sites for hydroxylation is 1. The molecule has 2 aromatic rings. The summed E-state index contributed by atoms with van der Waals surface area (Å²) in [5, 5.41) is 12.2. The van der Waals surface area contributed by atoms with Gasteiger partial charge in [0.25, 0.3) is 0 Å². The number of hydrogen-bond acceptors (Lipinski definition) is 6. The molecule has 2 unspecified atom stereocenters. The Bertz CT molecular complexity index is 788. The standard InChI is InChI=1S/C15H18N6OS/c1-8-5-4-6-9(7-8)21-12(17-18-19-21)11-15(2,3)23-14-10(16)13(22)20(11)14/h4-7,10-11,14H,16H2,1-3H3/t10?,11?,14-/m1/s1. The maximum absolute atomic E-state index is 12.2. The number of carbonyl (C=O) groups excluding carboxylic acids is 1. The summed E-state index contributed by atoms with van der Waals surface area (Å²) >= 11 is 1.71. The highest BCUT2D eigenvalue weighted by molar-refractivity contribution is 8.01. The topological polar surface area (TPSA) is 89.9 Å². The third-order valence-corrected chi connectivity index (χ3v) is 6.06. The quantitative estimate of drug-likeness (QED) is 0.827. The molecule has 2 fully saturated rings. The fraction of sp³-hybridized carbons (Fsp3) is 0.467. The van der Waals surface area contributed by atoms with Gasteiger partial charge in [0, 0.05) is 4.75 Å². The lowest BCUT2D eigenvalue weighted by atomic mass is 9.95. The van der Waals surface area contributed by atoms with E-state index in [4.69, 9.17) is 5.73 Å². The fourth-order valence-corrected chi connectivity index (χ4v) is 4.94. The number of nitrogens with two attached hydrogens (primary N) is 1. The molecule has 7 nitrogen and oxygen atoms in total. The van der Waals surface area contributed by atoms with E-state index in [0.29, 0.717) is 5.82 Å². The monoisotopic (exact) mass is 330 g/mol. The van der Waals surface area contributed by atoms with E-state index in [1.807, 2.05) is 36.1 Å². The van der Waals surface area contributed by atoms with Gasteiger partial charge in [-0.1, -0.05) is 12.1 Å². The van der Waals surface area contributed by atoms with Crippen molar-refractivity contribution in [2.24, 2.45) is 5.73 Å². The maximum atomic E-state index is 12.2. The molecule has 2 aliphatic heterocycles. The Morgan fingerprint density at radius 1 is 1.35 bits per heavy atom. The fourth-order valence-electron chi connectivity index (χ4n) is 3.37. The molecule has 2 N–H and O–H groups in total. The highest BCUT2D eigenvalue weighted by Crippen LogP contribution is 2.56. The molecule has 0 bridgehead atoms. The third kappa shape index (κ3) is 2.01. The summed E-state index contributed by atoms with van der Waals surface area (Å²) in [5.74, 6) is 0.646. The predicted octanol–water partition coefficient (Wildman–Crippen LogP) is 1.03. The van der Waals surface area contributed by atoms with E-state index in [2.05, 4.69) is 29.4 Å². The Hall–Kier alpha value is -1.93. The summed E-state index contributed by atoms with van der Waals surface area (Å²) in [5.41, 5.74) is 7.97. The first-order valence-electron chi connectivity index (χ1n) is 7.51. The van der Waals surface area contributed by atoms with Crippen LogP contribution >= 0.6 is 11.8 Å². The lowest BCUT2D eigenvalue weighted by molar-refractivity contribution is -0.147. The highest BCUT2D eigenvalue weighted by atomic mass is 32.2. The van der Waals surface area contributed by atoms with Crippen LogP contribution in [-0.4, -0.2) is 47.2 Å². The van der Waals surface area contributed by atoms with Crippen molar-refractivity contribution >= 4 is 17.7 Å².